The fourth-order valence-electron chi connectivity index (χ4n) is 8.33. The van der Waals surface area contributed by atoms with Gasteiger partial charge in [-0.2, -0.15) is 0 Å². The summed E-state index contributed by atoms with van der Waals surface area (Å²) >= 11 is 0. The molecule has 0 aromatic heterocycles. The Labute approximate surface area is 162 Å². The van der Waals surface area contributed by atoms with Crippen molar-refractivity contribution in [2.75, 3.05) is 7.11 Å². The minimum atomic E-state index is -0.564. The van der Waals surface area contributed by atoms with Gasteiger partial charge in [-0.05, 0) is 85.0 Å². The van der Waals surface area contributed by atoms with Crippen molar-refractivity contribution in [3.63, 3.8) is 0 Å². The number of rotatable bonds is 2. The lowest BCUT2D eigenvalue weighted by Crippen LogP contribution is -2.55. The zero-order valence-corrected chi connectivity index (χ0v) is 16.8. The van der Waals surface area contributed by atoms with E-state index in [0.29, 0.717) is 29.8 Å². The monoisotopic (exact) mass is 368 g/mol. The number of hydrogen-bond donors (Lipinski definition) is 1. The summed E-state index contributed by atoms with van der Waals surface area (Å²) < 4.78 is 11.4. The molecule has 3 saturated carbocycles. The number of epoxide rings is 1. The second-order valence-electron chi connectivity index (χ2n) is 10.3. The van der Waals surface area contributed by atoms with Crippen LogP contribution in [0.25, 0.3) is 0 Å². The third-order valence-corrected chi connectivity index (χ3v) is 9.63. The summed E-state index contributed by atoms with van der Waals surface area (Å²) in [5, 5.41) is 11.9. The van der Waals surface area contributed by atoms with Crippen molar-refractivity contribution in [2.24, 2.45) is 29.1 Å². The van der Waals surface area contributed by atoms with E-state index in [1.165, 1.54) is 31.2 Å². The van der Waals surface area contributed by atoms with E-state index in [4.69, 9.17) is 9.47 Å². The minimum absolute atomic E-state index is 0.0339. The Kier molecular flexibility index (Phi) is 3.31. The largest absolute Gasteiger partial charge is 0.497 e. The highest BCUT2D eigenvalue weighted by molar-refractivity contribution is 5.42. The van der Waals surface area contributed by atoms with E-state index in [2.05, 4.69) is 32.0 Å². The van der Waals surface area contributed by atoms with Crippen molar-refractivity contribution in [3.8, 4) is 5.75 Å². The maximum absolute atomic E-state index is 11.9. The number of aliphatic hydroxyl groups is 1. The molecule has 1 saturated heterocycles. The number of benzene rings is 1. The third kappa shape index (κ3) is 1.91. The second-order valence-corrected chi connectivity index (χ2v) is 10.3. The third-order valence-electron chi connectivity index (χ3n) is 9.63. The van der Waals surface area contributed by atoms with Gasteiger partial charge in [0, 0.05) is 5.41 Å². The van der Waals surface area contributed by atoms with Crippen LogP contribution in [0.15, 0.2) is 18.2 Å². The zero-order valence-electron chi connectivity index (χ0n) is 16.8. The van der Waals surface area contributed by atoms with E-state index in [0.717, 1.165) is 24.5 Å². The Bertz CT molecular complexity index is 790. The van der Waals surface area contributed by atoms with Gasteiger partial charge in [-0.1, -0.05) is 26.3 Å². The van der Waals surface area contributed by atoms with Crippen molar-refractivity contribution in [1.82, 2.24) is 0 Å². The molecule has 1 heterocycles. The summed E-state index contributed by atoms with van der Waals surface area (Å²) in [7, 11) is 1.77. The van der Waals surface area contributed by atoms with Crippen LogP contribution >= 0.6 is 0 Å². The van der Waals surface area contributed by atoms with Crippen LogP contribution in [0.3, 0.4) is 0 Å². The second kappa shape index (κ2) is 5.30. The van der Waals surface area contributed by atoms with Crippen molar-refractivity contribution >= 4 is 0 Å². The van der Waals surface area contributed by atoms with Crippen LogP contribution in [-0.4, -0.2) is 30.0 Å². The van der Waals surface area contributed by atoms with Crippen LogP contribution in [0.4, 0.5) is 0 Å². The molecule has 5 aliphatic rings. The molecule has 6 rings (SSSR count). The van der Waals surface area contributed by atoms with Gasteiger partial charge in [0.2, 0.25) is 0 Å². The molecule has 1 aromatic rings. The van der Waals surface area contributed by atoms with Gasteiger partial charge in [-0.15, -0.1) is 0 Å². The Morgan fingerprint density at radius 3 is 2.93 bits per heavy atom. The summed E-state index contributed by atoms with van der Waals surface area (Å²) in [6, 6.07) is 6.77. The van der Waals surface area contributed by atoms with E-state index in [1.54, 1.807) is 12.7 Å². The molecule has 1 N–H and O–H groups in total. The first-order valence-electron chi connectivity index (χ1n) is 11.1. The summed E-state index contributed by atoms with van der Waals surface area (Å²) in [5.41, 5.74) is 2.54. The van der Waals surface area contributed by atoms with Crippen LogP contribution in [-0.2, 0) is 11.2 Å². The highest BCUT2D eigenvalue weighted by Gasteiger charge is 2.77. The molecule has 0 spiro atoms. The number of fused-ring (bicyclic) bond motifs is 9. The van der Waals surface area contributed by atoms with E-state index in [9.17, 15) is 5.11 Å². The molecular formula is C24H32O3. The van der Waals surface area contributed by atoms with Crippen LogP contribution in [0.5, 0.6) is 5.75 Å². The molecule has 9 atom stereocenters. The van der Waals surface area contributed by atoms with Crippen LogP contribution in [0.2, 0.25) is 0 Å². The van der Waals surface area contributed by atoms with E-state index >= 15 is 0 Å². The standard InChI is InChI=1S/C24H32O3/c1-4-13-9-14-10-16(26-3)5-6-17(14)18-7-8-23(2)19(21(13)18)11-15-12-20-22(27-20)24(15,23)25/h5-6,10,13,15,18-22,25H,4,7-9,11-12H2,1-3H3/t13?,15-,18?,19?,20-,21?,22-,23-,24+/m0/s1. The molecular weight excluding hydrogens is 336 g/mol. The molecule has 4 fully saturated rings. The smallest absolute Gasteiger partial charge is 0.119 e. The fraction of sp³-hybridized carbons (Fsp3) is 0.750. The minimum Gasteiger partial charge on any atom is -0.497 e. The summed E-state index contributed by atoms with van der Waals surface area (Å²) in [4.78, 5) is 0. The first-order chi connectivity index (χ1) is 13.0. The lowest BCUT2D eigenvalue weighted by atomic mass is 9.50. The SMILES string of the molecule is CCC1Cc2cc(OC)ccc2C2CC[C@@]3(C)C(C[C@H]4C[C@@H]5O[C@@H]5[C@]43O)C12. The van der Waals surface area contributed by atoms with Gasteiger partial charge < -0.3 is 14.6 Å². The lowest BCUT2D eigenvalue weighted by Gasteiger charge is -2.55. The molecule has 0 radical (unpaired) electrons. The van der Waals surface area contributed by atoms with Gasteiger partial charge in [0.05, 0.1) is 13.2 Å². The summed E-state index contributed by atoms with van der Waals surface area (Å²) in [5.74, 6) is 4.17. The molecule has 0 bridgehead atoms. The molecule has 0 amide bonds. The first-order valence-corrected chi connectivity index (χ1v) is 11.1. The summed E-state index contributed by atoms with van der Waals surface area (Å²) in [6.07, 6.45) is 7.55. The molecule has 27 heavy (non-hydrogen) atoms. The summed E-state index contributed by atoms with van der Waals surface area (Å²) in [6.45, 7) is 4.78. The first kappa shape index (κ1) is 16.9. The number of methoxy groups -OCH3 is 1. The normalized spacial score (nSPS) is 51.6. The fourth-order valence-corrected chi connectivity index (χ4v) is 8.33. The van der Waals surface area contributed by atoms with Gasteiger partial charge in [0.15, 0.2) is 0 Å². The molecule has 146 valence electrons. The van der Waals surface area contributed by atoms with Gasteiger partial charge >= 0.3 is 0 Å². The molecule has 4 unspecified atom stereocenters. The van der Waals surface area contributed by atoms with Crippen molar-refractivity contribution in [3.05, 3.63) is 29.3 Å². The quantitative estimate of drug-likeness (QED) is 0.791. The predicted molar refractivity (Wildman–Crippen MR) is 104 cm³/mol. The van der Waals surface area contributed by atoms with Gasteiger partial charge in [-0.25, -0.2) is 0 Å². The highest BCUT2D eigenvalue weighted by Crippen LogP contribution is 2.73. The molecule has 3 heteroatoms. The maximum atomic E-state index is 11.9. The van der Waals surface area contributed by atoms with Crippen molar-refractivity contribution < 1.29 is 14.6 Å². The zero-order chi connectivity index (χ0) is 18.6. The van der Waals surface area contributed by atoms with Crippen LogP contribution < -0.4 is 4.74 Å². The Balaban J connectivity index is 1.42. The van der Waals surface area contributed by atoms with E-state index in [1.807, 2.05) is 0 Å². The average Bonchev–Trinajstić information content (AvgIpc) is 3.34. The van der Waals surface area contributed by atoms with Crippen LogP contribution in [0, 0.1) is 29.1 Å². The Hall–Kier alpha value is -1.06. The molecule has 4 aliphatic carbocycles. The Morgan fingerprint density at radius 2 is 2.15 bits per heavy atom. The number of ether oxygens (including phenoxy) is 2. The van der Waals surface area contributed by atoms with Crippen LogP contribution in [0.1, 0.15) is 63.0 Å². The molecule has 1 aliphatic heterocycles. The van der Waals surface area contributed by atoms with Crippen molar-refractivity contribution in [2.45, 2.75) is 76.1 Å². The lowest BCUT2D eigenvalue weighted by molar-refractivity contribution is -0.137. The van der Waals surface area contributed by atoms with E-state index < -0.39 is 5.60 Å². The topological polar surface area (TPSA) is 42.0 Å². The van der Waals surface area contributed by atoms with Gasteiger partial charge in [0.1, 0.15) is 17.5 Å². The Morgan fingerprint density at radius 1 is 1.30 bits per heavy atom. The highest BCUT2D eigenvalue weighted by atomic mass is 16.6. The maximum Gasteiger partial charge on any atom is 0.119 e. The van der Waals surface area contributed by atoms with Crippen molar-refractivity contribution in [1.29, 1.82) is 0 Å². The molecule has 3 nitrogen and oxygen atoms in total. The van der Waals surface area contributed by atoms with E-state index in [-0.39, 0.29) is 11.5 Å². The molecule has 1 aromatic carbocycles. The van der Waals surface area contributed by atoms with Gasteiger partial charge in [-0.3, -0.25) is 0 Å². The average molecular weight is 369 g/mol. The number of hydrogen-bond acceptors (Lipinski definition) is 3. The van der Waals surface area contributed by atoms with Gasteiger partial charge in [0.25, 0.3) is 0 Å². The predicted octanol–water partition coefficient (Wildman–Crippen LogP) is 4.32.